The zero-order valence-corrected chi connectivity index (χ0v) is 29.5. The molecule has 0 saturated carbocycles. The van der Waals surface area contributed by atoms with Crippen molar-refractivity contribution < 1.29 is 23.3 Å². The Balaban J connectivity index is 5.10. The molecule has 0 radical (unpaired) electrons. The molecule has 2 N–H and O–H groups in total. The summed E-state index contributed by atoms with van der Waals surface area (Å²) < 4.78 is 8.79. The average Bonchev–Trinajstić information content (AvgIpc) is 2.69. The van der Waals surface area contributed by atoms with E-state index in [9.17, 15) is 10.2 Å². The Morgan fingerprint density at radius 3 is 1.16 bits per heavy atom. The summed E-state index contributed by atoms with van der Waals surface area (Å²) in [4.78, 5) is 4.94. The lowest BCUT2D eigenvalue weighted by atomic mass is 10.1. The van der Waals surface area contributed by atoms with Crippen molar-refractivity contribution in [2.75, 3.05) is 94.8 Å². The third kappa shape index (κ3) is 16.8. The summed E-state index contributed by atoms with van der Waals surface area (Å²) in [6, 6.07) is 2.69. The van der Waals surface area contributed by atoms with E-state index in [1.807, 2.05) is 0 Å². The van der Waals surface area contributed by atoms with Gasteiger partial charge in [-0.2, -0.15) is 0 Å². The number of likely N-dealkylation sites (N-methyl/N-ethyl adjacent to an activating group) is 4. The van der Waals surface area contributed by atoms with Crippen molar-refractivity contribution in [1.29, 1.82) is 0 Å². The molecule has 0 aromatic rings. The van der Waals surface area contributed by atoms with Crippen molar-refractivity contribution in [1.82, 2.24) is 9.80 Å². The fourth-order valence-corrected chi connectivity index (χ4v) is 16.6. The number of nitrogens with zero attached hydrogens (tertiary/aromatic N) is 4. The van der Waals surface area contributed by atoms with Crippen LogP contribution in [0.3, 0.4) is 0 Å². The molecule has 0 fully saturated rings. The van der Waals surface area contributed by atoms with Gasteiger partial charge in [-0.1, -0.05) is 27.7 Å². The first kappa shape index (κ1) is 37.2. The number of quaternary nitrogens is 2. The molecule has 0 heterocycles. The number of aliphatic hydroxyl groups excluding tert-OH is 2. The van der Waals surface area contributed by atoms with Crippen molar-refractivity contribution in [2.24, 2.45) is 11.8 Å². The SMILES string of the molecule is CCN(CC(C)C[Si](C)(C)O[Si](C)(C)CC(C)CN(CC)C(CO)C[N+](C)(C)C)C(CO)C[N+](C)(C)C. The normalized spacial score (nSPS) is 17.4. The Kier molecular flexibility index (Phi) is 15.9. The molecule has 0 bridgehead atoms. The van der Waals surface area contributed by atoms with E-state index in [2.05, 4.69) is 106 Å². The van der Waals surface area contributed by atoms with Gasteiger partial charge >= 0.3 is 0 Å². The lowest BCUT2D eigenvalue weighted by Crippen LogP contribution is -2.53. The van der Waals surface area contributed by atoms with Gasteiger partial charge in [0.25, 0.3) is 0 Å². The predicted molar refractivity (Wildman–Crippen MR) is 166 cm³/mol. The second kappa shape index (κ2) is 15.8. The minimum absolute atomic E-state index is 0.200. The molecule has 4 atom stereocenters. The molecular formula is C28H68N4O3Si2+2. The van der Waals surface area contributed by atoms with Crippen LogP contribution < -0.4 is 0 Å². The summed E-state index contributed by atoms with van der Waals surface area (Å²) in [6.45, 7) is 25.0. The van der Waals surface area contributed by atoms with Gasteiger partial charge in [-0.25, -0.2) is 0 Å². The van der Waals surface area contributed by atoms with Gasteiger partial charge in [-0.05, 0) is 63.2 Å². The number of hydrogen-bond donors (Lipinski definition) is 2. The quantitative estimate of drug-likeness (QED) is 0.175. The fraction of sp³-hybridized carbons (Fsp3) is 1.00. The molecule has 0 spiro atoms. The van der Waals surface area contributed by atoms with Gasteiger partial charge < -0.3 is 23.3 Å². The van der Waals surface area contributed by atoms with Crippen LogP contribution in [0.25, 0.3) is 0 Å². The summed E-state index contributed by atoms with van der Waals surface area (Å²) in [7, 11) is 9.52. The van der Waals surface area contributed by atoms with Gasteiger partial charge in [0.15, 0.2) is 16.6 Å². The van der Waals surface area contributed by atoms with Gasteiger partial charge in [0, 0.05) is 13.1 Å². The zero-order chi connectivity index (χ0) is 29.2. The second-order valence-corrected chi connectivity index (χ2v) is 23.7. The van der Waals surface area contributed by atoms with E-state index >= 15 is 0 Å². The molecule has 0 aliphatic carbocycles. The van der Waals surface area contributed by atoms with E-state index in [1.54, 1.807) is 0 Å². The molecule has 0 aliphatic rings. The Bertz CT molecular complexity index is 572. The second-order valence-electron chi connectivity index (χ2n) is 15.0. The number of hydrogen-bond acceptors (Lipinski definition) is 5. The van der Waals surface area contributed by atoms with Crippen LogP contribution in [-0.4, -0.2) is 152 Å². The molecule has 224 valence electrons. The summed E-state index contributed by atoms with van der Waals surface area (Å²) in [5, 5.41) is 20.2. The van der Waals surface area contributed by atoms with Crippen molar-refractivity contribution in [3.63, 3.8) is 0 Å². The van der Waals surface area contributed by atoms with Gasteiger partial charge in [0.05, 0.1) is 80.7 Å². The van der Waals surface area contributed by atoms with Crippen LogP contribution in [-0.2, 0) is 4.12 Å². The maximum absolute atomic E-state index is 10.1. The highest BCUT2D eigenvalue weighted by Gasteiger charge is 2.36. The number of rotatable bonds is 20. The average molecular weight is 565 g/mol. The van der Waals surface area contributed by atoms with Crippen LogP contribution in [0.4, 0.5) is 0 Å². The van der Waals surface area contributed by atoms with E-state index in [4.69, 9.17) is 4.12 Å². The van der Waals surface area contributed by atoms with Gasteiger partial charge in [0.1, 0.15) is 0 Å². The smallest absolute Gasteiger partial charge is 0.173 e. The lowest BCUT2D eigenvalue weighted by Gasteiger charge is -2.40. The van der Waals surface area contributed by atoms with E-state index in [-0.39, 0.29) is 25.3 Å². The van der Waals surface area contributed by atoms with Crippen LogP contribution in [0.2, 0.25) is 38.3 Å². The first-order valence-electron chi connectivity index (χ1n) is 14.7. The number of aliphatic hydroxyl groups is 2. The zero-order valence-electron chi connectivity index (χ0n) is 27.5. The molecule has 0 saturated heterocycles. The molecule has 0 aromatic heterocycles. The monoisotopic (exact) mass is 564 g/mol. The maximum Gasteiger partial charge on any atom is 0.173 e. The molecule has 7 nitrogen and oxygen atoms in total. The summed E-state index contributed by atoms with van der Waals surface area (Å²) in [5.74, 6) is 1.09. The molecule has 0 aromatic carbocycles. The van der Waals surface area contributed by atoms with Crippen molar-refractivity contribution >= 4 is 16.6 Å². The molecule has 9 heteroatoms. The molecule has 37 heavy (non-hydrogen) atoms. The molecule has 0 aliphatic heterocycles. The Morgan fingerprint density at radius 2 is 0.946 bits per heavy atom. The first-order chi connectivity index (χ1) is 16.7. The van der Waals surface area contributed by atoms with Crippen molar-refractivity contribution in [3.05, 3.63) is 0 Å². The van der Waals surface area contributed by atoms with Gasteiger partial charge in [0.2, 0.25) is 0 Å². The topological polar surface area (TPSA) is 56.2 Å². The van der Waals surface area contributed by atoms with E-state index in [0.29, 0.717) is 11.8 Å². The summed E-state index contributed by atoms with van der Waals surface area (Å²) in [5.41, 5.74) is 0. The molecule has 0 rings (SSSR count). The Hall–Kier alpha value is 0.154. The highest BCUT2D eigenvalue weighted by Crippen LogP contribution is 2.28. The highest BCUT2D eigenvalue weighted by atomic mass is 28.4. The van der Waals surface area contributed by atoms with Gasteiger partial charge in [-0.3, -0.25) is 9.80 Å². The van der Waals surface area contributed by atoms with Crippen LogP contribution in [0.1, 0.15) is 27.7 Å². The van der Waals surface area contributed by atoms with Crippen molar-refractivity contribution in [2.45, 2.75) is 78.1 Å². The van der Waals surface area contributed by atoms with Gasteiger partial charge in [-0.15, -0.1) is 0 Å². The predicted octanol–water partition coefficient (Wildman–Crippen LogP) is 3.46. The maximum atomic E-state index is 10.1. The molecular weight excluding hydrogens is 497 g/mol. The molecule has 4 unspecified atom stereocenters. The van der Waals surface area contributed by atoms with Crippen LogP contribution in [0.15, 0.2) is 0 Å². The van der Waals surface area contributed by atoms with E-state index in [0.717, 1.165) is 60.3 Å². The minimum Gasteiger partial charge on any atom is -0.455 e. The molecule has 0 amide bonds. The first-order valence-corrected chi connectivity index (χ1v) is 20.9. The standard InChI is InChI=1S/C28H68N4O3Si2/c1-15-29(27(21-33)19-31(5,6)7)17-25(3)23-36(11,12)35-37(13,14)24-26(4)18-30(16-2)28(22-34)20-32(8,9)10/h25-28,33-34H,15-24H2,1-14H3/q+2. The Labute approximate surface area is 234 Å². The van der Waals surface area contributed by atoms with Crippen LogP contribution >= 0.6 is 0 Å². The van der Waals surface area contributed by atoms with Crippen LogP contribution in [0, 0.1) is 11.8 Å². The van der Waals surface area contributed by atoms with E-state index < -0.39 is 16.6 Å². The summed E-state index contributed by atoms with van der Waals surface area (Å²) >= 11 is 0. The lowest BCUT2D eigenvalue weighted by molar-refractivity contribution is -0.872. The summed E-state index contributed by atoms with van der Waals surface area (Å²) in [6.07, 6.45) is 0. The third-order valence-electron chi connectivity index (χ3n) is 7.11. The fourth-order valence-electron chi connectivity index (χ4n) is 6.35. The Morgan fingerprint density at radius 1 is 0.649 bits per heavy atom. The van der Waals surface area contributed by atoms with E-state index in [1.165, 1.54) is 0 Å². The highest BCUT2D eigenvalue weighted by molar-refractivity contribution is 6.84. The third-order valence-corrected chi connectivity index (χ3v) is 14.9. The largest absolute Gasteiger partial charge is 0.455 e. The van der Waals surface area contributed by atoms with Crippen LogP contribution in [0.5, 0.6) is 0 Å². The van der Waals surface area contributed by atoms with Crippen molar-refractivity contribution in [3.8, 4) is 0 Å². The minimum atomic E-state index is -1.84.